The van der Waals surface area contributed by atoms with Crippen molar-refractivity contribution in [1.82, 2.24) is 29.1 Å². The van der Waals surface area contributed by atoms with Gasteiger partial charge in [-0.15, -0.1) is 5.10 Å². The number of rotatable bonds is 5. The molecule has 1 aromatic carbocycles. The summed E-state index contributed by atoms with van der Waals surface area (Å²) in [6.45, 7) is -0.0690. The van der Waals surface area contributed by atoms with Crippen LogP contribution < -0.4 is 10.4 Å². The van der Waals surface area contributed by atoms with Crippen LogP contribution in [-0.4, -0.2) is 36.2 Å². The minimum Gasteiger partial charge on any atom is -0.467 e. The van der Waals surface area contributed by atoms with Crippen molar-refractivity contribution in [2.45, 2.75) is 12.7 Å². The number of hydrogen-bond acceptors (Lipinski definition) is 6. The first-order valence-electron chi connectivity index (χ1n) is 10.5. The lowest BCUT2D eigenvalue weighted by Crippen LogP contribution is -2.21. The first-order chi connectivity index (χ1) is 17.2. The van der Waals surface area contributed by atoms with Gasteiger partial charge in [-0.05, 0) is 41.0 Å². The second-order valence-corrected chi connectivity index (χ2v) is 8.19. The molecule has 5 aromatic rings. The molecule has 0 bridgehead atoms. The average molecular weight is 513 g/mol. The lowest BCUT2D eigenvalue weighted by molar-refractivity contribution is -0.141. The highest BCUT2D eigenvalue weighted by molar-refractivity contribution is 6.30. The highest BCUT2D eigenvalue weighted by Gasteiger charge is 2.32. The van der Waals surface area contributed by atoms with Crippen LogP contribution >= 0.6 is 11.6 Å². The number of alkyl halides is 3. The minimum atomic E-state index is -4.55. The Kier molecular flexibility index (Phi) is 5.92. The third-order valence-electron chi connectivity index (χ3n) is 5.46. The van der Waals surface area contributed by atoms with Gasteiger partial charge < -0.3 is 4.74 Å². The Morgan fingerprint density at radius 2 is 1.67 bits per heavy atom. The molecule has 182 valence electrons. The fraction of sp³-hybridized carbons (Fsp3) is 0.125. The lowest BCUT2D eigenvalue weighted by Gasteiger charge is -2.11. The first kappa shape index (κ1) is 23.5. The van der Waals surface area contributed by atoms with Crippen LogP contribution in [0.5, 0.6) is 6.01 Å². The largest absolute Gasteiger partial charge is 0.467 e. The summed E-state index contributed by atoms with van der Waals surface area (Å²) >= 11 is 6.06. The maximum absolute atomic E-state index is 13.1. The number of methoxy groups -OCH3 is 1. The van der Waals surface area contributed by atoms with Gasteiger partial charge in [-0.2, -0.15) is 13.2 Å². The molecule has 0 unspecified atom stereocenters. The lowest BCUT2D eigenvalue weighted by atomic mass is 9.97. The van der Waals surface area contributed by atoms with Crippen LogP contribution in [0.2, 0.25) is 5.02 Å². The fourth-order valence-electron chi connectivity index (χ4n) is 3.74. The summed E-state index contributed by atoms with van der Waals surface area (Å²) in [5.74, 6) is 0. The van der Waals surface area contributed by atoms with Crippen molar-refractivity contribution < 1.29 is 17.9 Å². The number of benzene rings is 1. The monoisotopic (exact) mass is 512 g/mol. The van der Waals surface area contributed by atoms with E-state index in [4.69, 9.17) is 16.3 Å². The van der Waals surface area contributed by atoms with E-state index in [1.54, 1.807) is 36.8 Å². The highest BCUT2D eigenvalue weighted by Crippen LogP contribution is 2.35. The average Bonchev–Trinajstić information content (AvgIpc) is 3.19. The zero-order chi connectivity index (χ0) is 25.4. The molecule has 36 heavy (non-hydrogen) atoms. The summed E-state index contributed by atoms with van der Waals surface area (Å²) in [7, 11) is 1.45. The van der Waals surface area contributed by atoms with E-state index in [1.165, 1.54) is 22.3 Å². The van der Waals surface area contributed by atoms with Crippen LogP contribution in [0.25, 0.3) is 27.9 Å². The maximum Gasteiger partial charge on any atom is 0.433 e. The Morgan fingerprint density at radius 3 is 2.28 bits per heavy atom. The zero-order valence-corrected chi connectivity index (χ0v) is 19.3. The standard InChI is InChI=1S/C24H16ClF3N6O2/c1-36-22-30-11-16(12-31-22)20-18(15-3-5-17(25)6-4-15)8-9-33-21(20)32-34(23(33)35)13-14-2-7-19(29-10-14)24(26,27)28/h2-12H,13H2,1H3. The number of halogens is 4. The molecule has 0 aliphatic rings. The van der Waals surface area contributed by atoms with E-state index in [9.17, 15) is 18.0 Å². The van der Waals surface area contributed by atoms with E-state index >= 15 is 0 Å². The van der Waals surface area contributed by atoms with E-state index in [2.05, 4.69) is 20.1 Å². The number of ether oxygens (including phenoxy) is 1. The Morgan fingerprint density at radius 1 is 0.944 bits per heavy atom. The molecule has 0 atom stereocenters. The van der Waals surface area contributed by atoms with Gasteiger partial charge in [0, 0.05) is 40.9 Å². The van der Waals surface area contributed by atoms with E-state index in [-0.39, 0.29) is 12.6 Å². The predicted molar refractivity (Wildman–Crippen MR) is 126 cm³/mol. The van der Waals surface area contributed by atoms with Gasteiger partial charge in [0.2, 0.25) is 0 Å². The van der Waals surface area contributed by atoms with E-state index in [1.807, 2.05) is 12.1 Å². The van der Waals surface area contributed by atoms with Gasteiger partial charge in [0.15, 0.2) is 5.65 Å². The zero-order valence-electron chi connectivity index (χ0n) is 18.6. The quantitative estimate of drug-likeness (QED) is 0.338. The Labute approximate surface area is 206 Å². The van der Waals surface area contributed by atoms with Crippen LogP contribution in [0.15, 0.2) is 72.0 Å². The second kappa shape index (κ2) is 9.08. The number of nitrogens with zero attached hydrogens (tertiary/aromatic N) is 6. The smallest absolute Gasteiger partial charge is 0.433 e. The Hall–Kier alpha value is -4.25. The van der Waals surface area contributed by atoms with Crippen molar-refractivity contribution in [1.29, 1.82) is 0 Å². The van der Waals surface area contributed by atoms with Gasteiger partial charge in [0.25, 0.3) is 0 Å². The number of hydrogen-bond donors (Lipinski definition) is 0. The number of fused-ring (bicyclic) bond motifs is 1. The minimum absolute atomic E-state index is 0.0690. The van der Waals surface area contributed by atoms with E-state index in [0.29, 0.717) is 27.4 Å². The third-order valence-corrected chi connectivity index (χ3v) is 5.71. The summed E-state index contributed by atoms with van der Waals surface area (Å²) in [5, 5.41) is 5.07. The molecule has 0 aliphatic carbocycles. The molecule has 0 fully saturated rings. The van der Waals surface area contributed by atoms with E-state index < -0.39 is 17.6 Å². The van der Waals surface area contributed by atoms with Crippen LogP contribution in [0.4, 0.5) is 13.2 Å². The van der Waals surface area contributed by atoms with E-state index in [0.717, 1.165) is 23.4 Å². The molecule has 4 heterocycles. The van der Waals surface area contributed by atoms with Gasteiger partial charge >= 0.3 is 17.9 Å². The second-order valence-electron chi connectivity index (χ2n) is 7.75. The summed E-state index contributed by atoms with van der Waals surface area (Å²) in [5.41, 5.74) is 1.97. The van der Waals surface area contributed by atoms with Crippen LogP contribution in [0.3, 0.4) is 0 Å². The Bertz CT molecular complexity index is 1600. The van der Waals surface area contributed by atoms with Crippen molar-refractivity contribution >= 4 is 17.2 Å². The Balaban J connectivity index is 1.65. The van der Waals surface area contributed by atoms with Crippen molar-refractivity contribution in [2.24, 2.45) is 0 Å². The van der Waals surface area contributed by atoms with Crippen LogP contribution in [-0.2, 0) is 12.7 Å². The van der Waals surface area contributed by atoms with Crippen molar-refractivity contribution in [3.63, 3.8) is 0 Å². The molecule has 0 spiro atoms. The predicted octanol–water partition coefficient (Wildman–Crippen LogP) is 4.74. The molecular formula is C24H16ClF3N6O2. The molecule has 5 rings (SSSR count). The SMILES string of the molecule is COc1ncc(-c2c(-c3ccc(Cl)cc3)ccn3c(=O)n(Cc4ccc(C(F)(F)F)nc4)nc23)cn1. The molecule has 0 radical (unpaired) electrons. The van der Waals surface area contributed by atoms with Crippen molar-refractivity contribution in [3.8, 4) is 28.3 Å². The van der Waals surface area contributed by atoms with Gasteiger partial charge in [0.1, 0.15) is 5.69 Å². The molecule has 0 saturated heterocycles. The normalized spacial score (nSPS) is 11.7. The molecule has 0 amide bonds. The highest BCUT2D eigenvalue weighted by atomic mass is 35.5. The van der Waals surface area contributed by atoms with Gasteiger partial charge in [-0.25, -0.2) is 23.8 Å². The van der Waals surface area contributed by atoms with Crippen LogP contribution in [0, 0.1) is 0 Å². The first-order valence-corrected chi connectivity index (χ1v) is 10.9. The molecular weight excluding hydrogens is 497 g/mol. The third kappa shape index (κ3) is 4.40. The van der Waals surface area contributed by atoms with Gasteiger partial charge in [0.05, 0.1) is 13.7 Å². The molecule has 0 aliphatic heterocycles. The molecule has 12 heteroatoms. The molecule has 4 aromatic heterocycles. The summed E-state index contributed by atoms with van der Waals surface area (Å²) in [6.07, 6.45) is 1.24. The summed E-state index contributed by atoms with van der Waals surface area (Å²) < 4.78 is 46.1. The van der Waals surface area contributed by atoms with Gasteiger partial charge in [-0.1, -0.05) is 29.8 Å². The van der Waals surface area contributed by atoms with Crippen LogP contribution in [0.1, 0.15) is 11.3 Å². The number of pyridine rings is 2. The maximum atomic E-state index is 13.1. The van der Waals surface area contributed by atoms with Gasteiger partial charge in [-0.3, -0.25) is 4.98 Å². The summed E-state index contributed by atoms with van der Waals surface area (Å²) in [6, 6.07) is 11.3. The topological polar surface area (TPSA) is 87.2 Å². The summed E-state index contributed by atoms with van der Waals surface area (Å²) in [4.78, 5) is 24.9. The van der Waals surface area contributed by atoms with Crippen molar-refractivity contribution in [3.05, 3.63) is 94.0 Å². The molecule has 0 saturated carbocycles. The fourth-order valence-corrected chi connectivity index (χ4v) is 3.87. The number of aromatic nitrogens is 6. The van der Waals surface area contributed by atoms with Crippen molar-refractivity contribution in [2.75, 3.05) is 7.11 Å². The molecule has 0 N–H and O–H groups in total. The molecule has 8 nitrogen and oxygen atoms in total.